The van der Waals surface area contributed by atoms with Gasteiger partial charge in [0.05, 0.1) is 0 Å². The number of carbonyl (C=O) groups excluding carboxylic acids is 2. The van der Waals surface area contributed by atoms with Crippen molar-refractivity contribution >= 4 is 23.2 Å². The summed E-state index contributed by atoms with van der Waals surface area (Å²) in [6, 6.07) is 9.35. The summed E-state index contributed by atoms with van der Waals surface area (Å²) in [5, 5.41) is 7.56. The van der Waals surface area contributed by atoms with Crippen LogP contribution < -0.4 is 10.6 Å². The number of amides is 2. The van der Waals surface area contributed by atoms with Gasteiger partial charge in [-0.3, -0.25) is 9.59 Å². The second-order valence-electron chi connectivity index (χ2n) is 5.26. The van der Waals surface area contributed by atoms with Crippen LogP contribution in [0, 0.1) is 5.82 Å². The molecule has 0 aliphatic carbocycles. The van der Waals surface area contributed by atoms with E-state index in [2.05, 4.69) is 10.6 Å². The molecule has 0 radical (unpaired) electrons. The van der Waals surface area contributed by atoms with Crippen molar-refractivity contribution in [3.63, 3.8) is 0 Å². The molecule has 23 heavy (non-hydrogen) atoms. The zero-order valence-corrected chi connectivity index (χ0v) is 13.7. The highest BCUT2D eigenvalue weighted by Crippen LogP contribution is 2.10. The molecule has 0 bridgehead atoms. The van der Waals surface area contributed by atoms with Crippen molar-refractivity contribution in [1.82, 2.24) is 10.6 Å². The van der Waals surface area contributed by atoms with E-state index in [4.69, 9.17) is 0 Å². The zero-order chi connectivity index (χ0) is 16.7. The Hall–Kier alpha value is -2.21. The maximum absolute atomic E-state index is 12.8. The van der Waals surface area contributed by atoms with Crippen molar-refractivity contribution in [2.45, 2.75) is 25.8 Å². The Morgan fingerprint density at radius 2 is 1.96 bits per heavy atom. The van der Waals surface area contributed by atoms with Gasteiger partial charge in [0, 0.05) is 35.9 Å². The largest absolute Gasteiger partial charge is 0.353 e. The van der Waals surface area contributed by atoms with Gasteiger partial charge in [0.15, 0.2) is 0 Å². The highest BCUT2D eigenvalue weighted by atomic mass is 32.1. The van der Waals surface area contributed by atoms with Gasteiger partial charge in [0.2, 0.25) is 5.91 Å². The van der Waals surface area contributed by atoms with Crippen LogP contribution in [0.4, 0.5) is 4.39 Å². The van der Waals surface area contributed by atoms with Crippen LogP contribution in [-0.4, -0.2) is 24.4 Å². The van der Waals surface area contributed by atoms with E-state index in [9.17, 15) is 14.0 Å². The first-order chi connectivity index (χ1) is 11.0. The van der Waals surface area contributed by atoms with Gasteiger partial charge in [0.25, 0.3) is 5.91 Å². The van der Waals surface area contributed by atoms with E-state index in [0.717, 1.165) is 6.42 Å². The van der Waals surface area contributed by atoms with Gasteiger partial charge in [-0.1, -0.05) is 6.07 Å². The first kappa shape index (κ1) is 17.1. The van der Waals surface area contributed by atoms with E-state index in [1.54, 1.807) is 11.3 Å². The number of thiophene rings is 1. The second-order valence-corrected chi connectivity index (χ2v) is 6.30. The Morgan fingerprint density at radius 1 is 1.22 bits per heavy atom. The SMILES string of the molecule is CC(Cc1cccs1)NC(=O)CCNC(=O)c1ccc(F)cc1. The van der Waals surface area contributed by atoms with Crippen LogP contribution in [0.2, 0.25) is 0 Å². The first-order valence-electron chi connectivity index (χ1n) is 7.40. The summed E-state index contributed by atoms with van der Waals surface area (Å²) >= 11 is 1.66. The third-order valence-corrected chi connectivity index (χ3v) is 4.14. The van der Waals surface area contributed by atoms with Crippen LogP contribution in [0.25, 0.3) is 0 Å². The Morgan fingerprint density at radius 3 is 2.61 bits per heavy atom. The highest BCUT2D eigenvalue weighted by molar-refractivity contribution is 7.09. The molecular weight excluding hydrogens is 315 g/mol. The molecule has 1 unspecified atom stereocenters. The van der Waals surface area contributed by atoms with E-state index in [0.29, 0.717) is 5.56 Å². The fourth-order valence-corrected chi connectivity index (χ4v) is 2.96. The van der Waals surface area contributed by atoms with E-state index >= 15 is 0 Å². The summed E-state index contributed by atoms with van der Waals surface area (Å²) in [6.07, 6.45) is 1.01. The standard InChI is InChI=1S/C17H19FN2O2S/c1-12(11-15-3-2-10-23-15)20-16(21)8-9-19-17(22)13-4-6-14(18)7-5-13/h2-7,10,12H,8-9,11H2,1H3,(H,19,22)(H,20,21). The topological polar surface area (TPSA) is 58.2 Å². The zero-order valence-electron chi connectivity index (χ0n) is 12.8. The van der Waals surface area contributed by atoms with E-state index in [1.165, 1.54) is 29.1 Å². The number of hydrogen-bond acceptors (Lipinski definition) is 3. The third kappa shape index (κ3) is 5.83. The lowest BCUT2D eigenvalue weighted by Crippen LogP contribution is -2.36. The Kier molecular flexibility index (Phi) is 6.29. The normalized spacial score (nSPS) is 11.7. The molecule has 0 saturated heterocycles. The average Bonchev–Trinajstić information content (AvgIpc) is 3.00. The summed E-state index contributed by atoms with van der Waals surface area (Å²) in [4.78, 5) is 24.9. The van der Waals surface area contributed by atoms with E-state index < -0.39 is 0 Å². The molecule has 0 aliphatic rings. The fourth-order valence-electron chi connectivity index (χ4n) is 2.12. The molecule has 0 fully saturated rings. The van der Waals surface area contributed by atoms with Gasteiger partial charge >= 0.3 is 0 Å². The van der Waals surface area contributed by atoms with Gasteiger partial charge in [0.1, 0.15) is 5.82 Å². The number of rotatable bonds is 7. The van der Waals surface area contributed by atoms with Gasteiger partial charge in [-0.2, -0.15) is 0 Å². The fraction of sp³-hybridized carbons (Fsp3) is 0.294. The predicted octanol–water partition coefficient (Wildman–Crippen LogP) is 2.75. The van der Waals surface area contributed by atoms with Crippen molar-refractivity contribution in [2.75, 3.05) is 6.54 Å². The maximum Gasteiger partial charge on any atom is 0.251 e. The minimum absolute atomic E-state index is 0.0500. The molecule has 2 rings (SSSR count). The molecule has 1 aromatic heterocycles. The minimum atomic E-state index is -0.388. The van der Waals surface area contributed by atoms with E-state index in [-0.39, 0.29) is 36.6 Å². The highest BCUT2D eigenvalue weighted by Gasteiger charge is 2.10. The molecule has 0 aliphatic heterocycles. The monoisotopic (exact) mass is 334 g/mol. The second kappa shape index (κ2) is 8.43. The van der Waals surface area contributed by atoms with Gasteiger partial charge in [-0.25, -0.2) is 4.39 Å². The van der Waals surface area contributed by atoms with Crippen LogP contribution in [0.15, 0.2) is 41.8 Å². The summed E-state index contributed by atoms with van der Waals surface area (Å²) in [6.45, 7) is 2.20. The molecular formula is C17H19FN2O2S. The van der Waals surface area contributed by atoms with Crippen LogP contribution in [0.3, 0.4) is 0 Å². The van der Waals surface area contributed by atoms with Crippen molar-refractivity contribution in [2.24, 2.45) is 0 Å². The van der Waals surface area contributed by atoms with Crippen LogP contribution in [0.1, 0.15) is 28.6 Å². The Labute approximate surface area is 138 Å². The van der Waals surface area contributed by atoms with Crippen LogP contribution in [-0.2, 0) is 11.2 Å². The average molecular weight is 334 g/mol. The number of halogens is 1. The summed E-state index contributed by atoms with van der Waals surface area (Å²) in [5.41, 5.74) is 0.373. The molecule has 2 aromatic rings. The molecule has 122 valence electrons. The lowest BCUT2D eigenvalue weighted by molar-refractivity contribution is -0.121. The van der Waals surface area contributed by atoms with Gasteiger partial charge in [-0.05, 0) is 42.6 Å². The van der Waals surface area contributed by atoms with Gasteiger partial charge in [-0.15, -0.1) is 11.3 Å². The number of nitrogens with one attached hydrogen (secondary N) is 2. The van der Waals surface area contributed by atoms with Crippen LogP contribution in [0.5, 0.6) is 0 Å². The minimum Gasteiger partial charge on any atom is -0.353 e. The smallest absolute Gasteiger partial charge is 0.251 e. The van der Waals surface area contributed by atoms with Crippen molar-refractivity contribution in [1.29, 1.82) is 0 Å². The first-order valence-corrected chi connectivity index (χ1v) is 8.28. The molecule has 1 atom stereocenters. The number of benzene rings is 1. The number of hydrogen-bond donors (Lipinski definition) is 2. The van der Waals surface area contributed by atoms with E-state index in [1.807, 2.05) is 24.4 Å². The third-order valence-electron chi connectivity index (χ3n) is 3.24. The summed E-state index contributed by atoms with van der Waals surface area (Å²) in [7, 11) is 0. The predicted molar refractivity (Wildman–Crippen MR) is 89.0 cm³/mol. The lowest BCUT2D eigenvalue weighted by atomic mass is 10.2. The van der Waals surface area contributed by atoms with Crippen molar-refractivity contribution in [3.8, 4) is 0 Å². The summed E-state index contributed by atoms with van der Waals surface area (Å²) in [5.74, 6) is -0.807. The van der Waals surface area contributed by atoms with Crippen LogP contribution >= 0.6 is 11.3 Å². The molecule has 0 saturated carbocycles. The molecule has 2 N–H and O–H groups in total. The Balaban J connectivity index is 1.68. The summed E-state index contributed by atoms with van der Waals surface area (Å²) < 4.78 is 12.8. The van der Waals surface area contributed by atoms with Gasteiger partial charge < -0.3 is 10.6 Å². The lowest BCUT2D eigenvalue weighted by Gasteiger charge is -2.13. The molecule has 4 nitrogen and oxygen atoms in total. The number of carbonyl (C=O) groups is 2. The maximum atomic E-state index is 12.8. The molecule has 6 heteroatoms. The van der Waals surface area contributed by atoms with Crippen molar-refractivity contribution in [3.05, 3.63) is 58.0 Å². The molecule has 2 amide bonds. The molecule has 1 aromatic carbocycles. The Bertz CT molecular complexity index is 641. The van der Waals surface area contributed by atoms with Crippen molar-refractivity contribution < 1.29 is 14.0 Å². The molecule has 1 heterocycles. The molecule has 0 spiro atoms. The quantitative estimate of drug-likeness (QED) is 0.818.